The van der Waals surface area contributed by atoms with Crippen molar-refractivity contribution in [2.24, 2.45) is 0 Å². The fraction of sp³-hybridized carbons (Fsp3) is 0.208. The van der Waals surface area contributed by atoms with Crippen molar-refractivity contribution in [3.05, 3.63) is 96.1 Å². The van der Waals surface area contributed by atoms with Gasteiger partial charge in [-0.15, -0.1) is 0 Å². The summed E-state index contributed by atoms with van der Waals surface area (Å²) in [6.07, 6.45) is 0.881. The first-order chi connectivity index (χ1) is 13.0. The van der Waals surface area contributed by atoms with E-state index < -0.39 is 8.32 Å². The molecule has 0 N–H and O–H groups in total. The molecule has 0 saturated heterocycles. The molecular weight excluding hydrogens is 348 g/mol. The van der Waals surface area contributed by atoms with Gasteiger partial charge >= 0.3 is 0 Å². The van der Waals surface area contributed by atoms with Crippen LogP contribution >= 0.6 is 0 Å². The lowest BCUT2D eigenvalue weighted by molar-refractivity contribution is 0.112. The second-order valence-corrected chi connectivity index (χ2v) is 12.1. The molecule has 2 nitrogen and oxygen atoms in total. The van der Waals surface area contributed by atoms with Gasteiger partial charge in [-0.2, -0.15) is 0 Å². The minimum atomic E-state index is -2.55. The molecule has 138 valence electrons. The highest BCUT2D eigenvalue weighted by Gasteiger charge is 2.50. The van der Waals surface area contributed by atoms with Crippen molar-refractivity contribution in [2.75, 3.05) is 0 Å². The molecule has 0 radical (unpaired) electrons. The Bertz CT molecular complexity index is 844. The van der Waals surface area contributed by atoms with Crippen LogP contribution in [0.1, 0.15) is 36.7 Å². The maximum absolute atomic E-state index is 11.1. The molecule has 27 heavy (non-hydrogen) atoms. The summed E-state index contributed by atoms with van der Waals surface area (Å²) < 4.78 is 6.87. The van der Waals surface area contributed by atoms with E-state index in [1.807, 2.05) is 36.4 Å². The van der Waals surface area contributed by atoms with E-state index in [1.165, 1.54) is 10.4 Å². The van der Waals surface area contributed by atoms with Crippen LogP contribution in [0.5, 0.6) is 0 Å². The van der Waals surface area contributed by atoms with Crippen LogP contribution in [0, 0.1) is 0 Å². The number of carbonyl (C=O) groups excluding carboxylic acids is 1. The van der Waals surface area contributed by atoms with Crippen molar-refractivity contribution in [3.8, 4) is 0 Å². The second kappa shape index (κ2) is 8.03. The Balaban J connectivity index is 2.10. The van der Waals surface area contributed by atoms with Gasteiger partial charge in [-0.25, -0.2) is 0 Å². The van der Waals surface area contributed by atoms with Crippen molar-refractivity contribution in [3.63, 3.8) is 0 Å². The molecule has 0 atom stereocenters. The van der Waals surface area contributed by atoms with Crippen molar-refractivity contribution < 1.29 is 9.22 Å². The minimum absolute atomic E-state index is 0.0576. The van der Waals surface area contributed by atoms with Crippen molar-refractivity contribution >= 4 is 25.0 Å². The first kappa shape index (κ1) is 19.3. The van der Waals surface area contributed by atoms with Crippen LogP contribution < -0.4 is 10.4 Å². The van der Waals surface area contributed by atoms with Gasteiger partial charge in [0.1, 0.15) is 6.29 Å². The van der Waals surface area contributed by atoms with E-state index in [1.54, 1.807) is 0 Å². The highest BCUT2D eigenvalue weighted by molar-refractivity contribution is 6.99. The van der Waals surface area contributed by atoms with Gasteiger partial charge in [0, 0.05) is 5.56 Å². The highest BCUT2D eigenvalue weighted by Crippen LogP contribution is 2.37. The summed E-state index contributed by atoms with van der Waals surface area (Å²) >= 11 is 0. The van der Waals surface area contributed by atoms with E-state index >= 15 is 0 Å². The molecule has 0 amide bonds. The van der Waals surface area contributed by atoms with Crippen LogP contribution in [0.25, 0.3) is 0 Å². The Kier molecular flexibility index (Phi) is 5.73. The summed E-state index contributed by atoms with van der Waals surface area (Å²) in [5, 5.41) is 2.46. The van der Waals surface area contributed by atoms with Crippen LogP contribution in [-0.2, 0) is 11.0 Å². The minimum Gasteiger partial charge on any atom is -0.403 e. The standard InChI is InChI=1S/C24H26O2Si/c1-24(2,3)27(22-13-6-4-7-14-22,23-15-8-5-9-16-23)26-19-21-12-10-11-20(17-21)18-25/h4-18H,19H2,1-3H3. The van der Waals surface area contributed by atoms with Crippen LogP contribution in [0.15, 0.2) is 84.9 Å². The first-order valence-electron chi connectivity index (χ1n) is 9.26. The zero-order valence-electron chi connectivity index (χ0n) is 16.2. The van der Waals surface area contributed by atoms with Gasteiger partial charge < -0.3 is 4.43 Å². The molecule has 0 spiro atoms. The van der Waals surface area contributed by atoms with E-state index in [0.717, 1.165) is 11.8 Å². The molecule has 0 aliphatic rings. The zero-order chi connectivity index (χ0) is 19.3. The maximum Gasteiger partial charge on any atom is 0.261 e. The normalized spacial score (nSPS) is 12.0. The van der Waals surface area contributed by atoms with Gasteiger partial charge in [-0.1, -0.05) is 99.6 Å². The molecule has 0 heterocycles. The predicted molar refractivity (Wildman–Crippen MR) is 114 cm³/mol. The molecule has 0 saturated carbocycles. The Morgan fingerprint density at radius 2 is 1.37 bits per heavy atom. The van der Waals surface area contributed by atoms with E-state index in [4.69, 9.17) is 4.43 Å². The molecule has 3 aromatic carbocycles. The van der Waals surface area contributed by atoms with Crippen LogP contribution in [-0.4, -0.2) is 14.6 Å². The topological polar surface area (TPSA) is 26.3 Å². The van der Waals surface area contributed by atoms with Crippen molar-refractivity contribution in [2.45, 2.75) is 32.4 Å². The van der Waals surface area contributed by atoms with Gasteiger partial charge in [0.25, 0.3) is 8.32 Å². The van der Waals surface area contributed by atoms with Crippen LogP contribution in [0.2, 0.25) is 5.04 Å². The third-order valence-electron chi connectivity index (χ3n) is 4.96. The monoisotopic (exact) mass is 374 g/mol. The average molecular weight is 375 g/mol. The van der Waals surface area contributed by atoms with Crippen molar-refractivity contribution in [1.82, 2.24) is 0 Å². The van der Waals surface area contributed by atoms with Gasteiger partial charge in [-0.05, 0) is 27.0 Å². The Hall–Kier alpha value is -2.49. The third-order valence-corrected chi connectivity index (χ3v) is 9.94. The lowest BCUT2D eigenvalue weighted by Gasteiger charge is -2.43. The molecule has 0 bridgehead atoms. The summed E-state index contributed by atoms with van der Waals surface area (Å²) in [7, 11) is -2.55. The van der Waals surface area contributed by atoms with E-state index in [0.29, 0.717) is 12.2 Å². The van der Waals surface area contributed by atoms with Crippen LogP contribution in [0.3, 0.4) is 0 Å². The predicted octanol–water partition coefficient (Wildman–Crippen LogP) is 4.58. The number of hydrogen-bond donors (Lipinski definition) is 0. The molecule has 3 rings (SSSR count). The van der Waals surface area contributed by atoms with Crippen LogP contribution in [0.4, 0.5) is 0 Å². The van der Waals surface area contributed by atoms with Crippen molar-refractivity contribution in [1.29, 1.82) is 0 Å². The molecule has 0 fully saturated rings. The third kappa shape index (κ3) is 3.94. The summed E-state index contributed by atoms with van der Waals surface area (Å²) in [6, 6.07) is 28.8. The number of carbonyl (C=O) groups is 1. The largest absolute Gasteiger partial charge is 0.403 e. The maximum atomic E-state index is 11.1. The Morgan fingerprint density at radius 1 is 0.815 bits per heavy atom. The van der Waals surface area contributed by atoms with Gasteiger partial charge in [0.05, 0.1) is 6.61 Å². The van der Waals surface area contributed by atoms with Gasteiger partial charge in [-0.3, -0.25) is 4.79 Å². The number of aldehydes is 1. The second-order valence-electron chi connectivity index (χ2n) is 7.81. The quantitative estimate of drug-likeness (QED) is 0.466. The number of hydrogen-bond acceptors (Lipinski definition) is 2. The Labute approximate surface area is 163 Å². The summed E-state index contributed by atoms with van der Waals surface area (Å²) in [5.41, 5.74) is 1.70. The molecule has 3 aromatic rings. The number of rotatable bonds is 6. The molecule has 0 aromatic heterocycles. The Morgan fingerprint density at radius 3 is 1.85 bits per heavy atom. The first-order valence-corrected chi connectivity index (χ1v) is 11.2. The average Bonchev–Trinajstić information content (AvgIpc) is 2.69. The lowest BCUT2D eigenvalue weighted by Crippen LogP contribution is -2.66. The van der Waals surface area contributed by atoms with E-state index in [2.05, 4.69) is 69.3 Å². The molecule has 3 heteroatoms. The fourth-order valence-electron chi connectivity index (χ4n) is 3.71. The molecule has 0 aliphatic heterocycles. The highest BCUT2D eigenvalue weighted by atomic mass is 28.4. The van der Waals surface area contributed by atoms with E-state index in [9.17, 15) is 4.79 Å². The molecule has 0 aliphatic carbocycles. The van der Waals surface area contributed by atoms with Gasteiger partial charge in [0.2, 0.25) is 0 Å². The lowest BCUT2D eigenvalue weighted by atomic mass is 10.1. The van der Waals surface area contributed by atoms with E-state index in [-0.39, 0.29) is 5.04 Å². The summed E-state index contributed by atoms with van der Waals surface area (Å²) in [5.74, 6) is 0. The van der Waals surface area contributed by atoms with Gasteiger partial charge in [0.15, 0.2) is 0 Å². The summed E-state index contributed by atoms with van der Waals surface area (Å²) in [4.78, 5) is 11.1. The number of benzene rings is 3. The fourth-order valence-corrected chi connectivity index (χ4v) is 8.25. The summed E-state index contributed by atoms with van der Waals surface area (Å²) in [6.45, 7) is 7.28. The smallest absolute Gasteiger partial charge is 0.261 e. The zero-order valence-corrected chi connectivity index (χ0v) is 17.2. The SMILES string of the molecule is CC(C)(C)[Si](OCc1cccc(C=O)c1)(c1ccccc1)c1ccccc1. The molecular formula is C24H26O2Si. The molecule has 0 unspecified atom stereocenters.